The van der Waals surface area contributed by atoms with Crippen molar-refractivity contribution in [3.05, 3.63) is 59.9 Å². The minimum Gasteiger partial charge on any atom is -0.497 e. The number of benzene rings is 1. The van der Waals surface area contributed by atoms with Gasteiger partial charge in [-0.1, -0.05) is 0 Å². The van der Waals surface area contributed by atoms with Crippen LogP contribution >= 0.6 is 0 Å². The van der Waals surface area contributed by atoms with Crippen molar-refractivity contribution >= 4 is 11.9 Å². The highest BCUT2D eigenvalue weighted by atomic mass is 16.5. The summed E-state index contributed by atoms with van der Waals surface area (Å²) in [5, 5.41) is 9.53. The molecule has 0 fully saturated rings. The lowest BCUT2D eigenvalue weighted by atomic mass is 10.0. The van der Waals surface area contributed by atoms with E-state index in [1.165, 1.54) is 11.2 Å². The highest BCUT2D eigenvalue weighted by Gasteiger charge is 2.37. The number of carboxylic acid groups (broad SMARTS) is 1. The number of aromatic nitrogens is 2. The zero-order valence-corrected chi connectivity index (χ0v) is 14.5. The number of methoxy groups -OCH3 is 1. The van der Waals surface area contributed by atoms with E-state index in [1.807, 2.05) is 12.1 Å². The van der Waals surface area contributed by atoms with E-state index in [0.29, 0.717) is 11.5 Å². The van der Waals surface area contributed by atoms with E-state index >= 15 is 0 Å². The molecule has 0 saturated heterocycles. The number of amides is 1. The lowest BCUT2D eigenvalue weighted by Gasteiger charge is -2.31. The van der Waals surface area contributed by atoms with Crippen LogP contribution in [0.15, 0.2) is 47.1 Å². The summed E-state index contributed by atoms with van der Waals surface area (Å²) in [5.74, 6) is -0.210. The Morgan fingerprint density at radius 2 is 2.04 bits per heavy atom. The fourth-order valence-corrected chi connectivity index (χ4v) is 3.17. The third-order valence-electron chi connectivity index (χ3n) is 4.64. The SMILES string of the molecule is COc1ccc(-c2ccc(C(=O)N3Cc4[nH]cnc4CC3C(=O)O)o2)cc1. The molecule has 27 heavy (non-hydrogen) atoms. The summed E-state index contributed by atoms with van der Waals surface area (Å²) in [6, 6.07) is 9.50. The number of imidazole rings is 1. The smallest absolute Gasteiger partial charge is 0.326 e. The molecular weight excluding hydrogens is 350 g/mol. The van der Waals surface area contributed by atoms with Crippen LogP contribution in [0.4, 0.5) is 0 Å². The van der Waals surface area contributed by atoms with Gasteiger partial charge in [0.1, 0.15) is 17.6 Å². The minimum atomic E-state index is -1.07. The zero-order chi connectivity index (χ0) is 19.0. The van der Waals surface area contributed by atoms with E-state index in [1.54, 1.807) is 31.4 Å². The number of nitrogens with one attached hydrogen (secondary N) is 1. The first-order chi connectivity index (χ1) is 13.1. The van der Waals surface area contributed by atoms with Crippen molar-refractivity contribution in [2.45, 2.75) is 19.0 Å². The van der Waals surface area contributed by atoms with Crippen molar-refractivity contribution in [3.63, 3.8) is 0 Å². The largest absolute Gasteiger partial charge is 0.497 e. The summed E-state index contributed by atoms with van der Waals surface area (Å²) in [4.78, 5) is 32.9. The second-order valence-corrected chi connectivity index (χ2v) is 6.21. The Morgan fingerprint density at radius 3 is 2.74 bits per heavy atom. The summed E-state index contributed by atoms with van der Waals surface area (Å²) < 4.78 is 10.8. The van der Waals surface area contributed by atoms with Gasteiger partial charge in [0.15, 0.2) is 5.76 Å². The Hall–Kier alpha value is -3.55. The Bertz CT molecular complexity index is 989. The second-order valence-electron chi connectivity index (χ2n) is 6.21. The van der Waals surface area contributed by atoms with Gasteiger partial charge in [-0.05, 0) is 36.4 Å². The molecule has 0 spiro atoms. The number of aromatic amines is 1. The maximum Gasteiger partial charge on any atom is 0.326 e. The lowest BCUT2D eigenvalue weighted by Crippen LogP contribution is -2.48. The molecular formula is C19H17N3O5. The topological polar surface area (TPSA) is 109 Å². The molecule has 0 saturated carbocycles. The number of carbonyl (C=O) groups excluding carboxylic acids is 1. The first-order valence-electron chi connectivity index (χ1n) is 8.36. The van der Waals surface area contributed by atoms with Crippen LogP contribution in [0.5, 0.6) is 5.75 Å². The molecule has 2 aromatic heterocycles. The Labute approximate surface area is 154 Å². The van der Waals surface area contributed by atoms with Crippen LogP contribution in [0.3, 0.4) is 0 Å². The van der Waals surface area contributed by atoms with Crippen molar-refractivity contribution in [1.29, 1.82) is 0 Å². The van der Waals surface area contributed by atoms with Crippen molar-refractivity contribution in [1.82, 2.24) is 14.9 Å². The maximum absolute atomic E-state index is 12.9. The highest BCUT2D eigenvalue weighted by molar-refractivity contribution is 5.95. The fourth-order valence-electron chi connectivity index (χ4n) is 3.17. The Kier molecular flexibility index (Phi) is 4.15. The molecule has 1 aromatic carbocycles. The monoisotopic (exact) mass is 367 g/mol. The number of ether oxygens (including phenoxy) is 1. The van der Waals surface area contributed by atoms with Gasteiger partial charge in [0.25, 0.3) is 5.91 Å². The van der Waals surface area contributed by atoms with Crippen LogP contribution in [0.2, 0.25) is 0 Å². The number of hydrogen-bond acceptors (Lipinski definition) is 5. The van der Waals surface area contributed by atoms with Gasteiger partial charge in [0.05, 0.1) is 31.4 Å². The Morgan fingerprint density at radius 1 is 1.26 bits per heavy atom. The van der Waals surface area contributed by atoms with Crippen LogP contribution in [0.25, 0.3) is 11.3 Å². The van der Waals surface area contributed by atoms with Gasteiger partial charge < -0.3 is 24.1 Å². The molecule has 8 nitrogen and oxygen atoms in total. The third kappa shape index (κ3) is 3.05. The number of furan rings is 1. The van der Waals surface area contributed by atoms with Gasteiger partial charge in [0.2, 0.25) is 0 Å². The normalized spacial score (nSPS) is 16.0. The van der Waals surface area contributed by atoms with Crippen LogP contribution < -0.4 is 4.74 Å². The zero-order valence-electron chi connectivity index (χ0n) is 14.5. The summed E-state index contributed by atoms with van der Waals surface area (Å²) in [5.41, 5.74) is 2.20. The number of nitrogens with zero attached hydrogens (tertiary/aromatic N) is 2. The summed E-state index contributed by atoms with van der Waals surface area (Å²) in [6.45, 7) is 0.143. The van der Waals surface area contributed by atoms with E-state index in [9.17, 15) is 14.7 Å². The molecule has 1 unspecified atom stereocenters. The van der Waals surface area contributed by atoms with Crippen LogP contribution in [0.1, 0.15) is 21.9 Å². The first kappa shape index (κ1) is 16.9. The molecule has 1 aliphatic rings. The molecule has 4 rings (SSSR count). The predicted octanol–water partition coefficient (Wildman–Crippen LogP) is 2.33. The maximum atomic E-state index is 12.9. The van der Waals surface area contributed by atoms with Gasteiger partial charge in [-0.2, -0.15) is 0 Å². The molecule has 0 bridgehead atoms. The molecule has 3 aromatic rings. The van der Waals surface area contributed by atoms with Crippen LogP contribution in [-0.4, -0.2) is 45.0 Å². The molecule has 0 aliphatic carbocycles. The molecule has 138 valence electrons. The Balaban J connectivity index is 1.60. The molecule has 1 atom stereocenters. The third-order valence-corrected chi connectivity index (χ3v) is 4.64. The molecule has 0 radical (unpaired) electrons. The minimum absolute atomic E-state index is 0.0926. The van der Waals surface area contributed by atoms with Gasteiger partial charge in [-0.25, -0.2) is 9.78 Å². The number of aliphatic carboxylic acids is 1. The fraction of sp³-hybridized carbons (Fsp3) is 0.211. The van der Waals surface area contributed by atoms with Crippen LogP contribution in [0, 0.1) is 0 Å². The molecule has 2 N–H and O–H groups in total. The highest BCUT2D eigenvalue weighted by Crippen LogP contribution is 2.27. The van der Waals surface area contributed by atoms with E-state index < -0.39 is 17.9 Å². The standard InChI is InChI=1S/C19H17N3O5/c1-26-12-4-2-11(3-5-12)16-6-7-17(27-16)18(23)22-9-14-13(20-10-21-14)8-15(22)19(24)25/h2-7,10,15H,8-9H2,1H3,(H,20,21)(H,24,25). The van der Waals surface area contributed by atoms with Crippen LogP contribution in [-0.2, 0) is 17.8 Å². The van der Waals surface area contributed by atoms with Gasteiger partial charge >= 0.3 is 5.97 Å². The second kappa shape index (κ2) is 6.64. The first-order valence-corrected chi connectivity index (χ1v) is 8.36. The quantitative estimate of drug-likeness (QED) is 0.733. The van der Waals surface area contributed by atoms with Gasteiger partial charge in [-0.3, -0.25) is 4.79 Å². The van der Waals surface area contributed by atoms with E-state index in [0.717, 1.165) is 17.0 Å². The molecule has 1 aliphatic heterocycles. The lowest BCUT2D eigenvalue weighted by molar-refractivity contribution is -0.142. The van der Waals surface area contributed by atoms with Crippen molar-refractivity contribution in [2.75, 3.05) is 7.11 Å². The number of fused-ring (bicyclic) bond motifs is 1. The van der Waals surface area contributed by atoms with Crippen molar-refractivity contribution in [2.24, 2.45) is 0 Å². The van der Waals surface area contributed by atoms with Crippen molar-refractivity contribution in [3.8, 4) is 17.1 Å². The summed E-state index contributed by atoms with van der Waals surface area (Å²) in [6.07, 6.45) is 1.66. The van der Waals surface area contributed by atoms with E-state index in [-0.39, 0.29) is 18.7 Å². The molecule has 1 amide bonds. The number of carboxylic acids is 1. The predicted molar refractivity (Wildman–Crippen MR) is 94.3 cm³/mol. The van der Waals surface area contributed by atoms with E-state index in [4.69, 9.17) is 9.15 Å². The summed E-state index contributed by atoms with van der Waals surface area (Å²) >= 11 is 0. The molecule has 8 heteroatoms. The number of H-pyrrole nitrogens is 1. The number of rotatable bonds is 4. The molecule has 3 heterocycles. The van der Waals surface area contributed by atoms with Crippen molar-refractivity contribution < 1.29 is 23.8 Å². The average molecular weight is 367 g/mol. The van der Waals surface area contributed by atoms with E-state index in [2.05, 4.69) is 9.97 Å². The van der Waals surface area contributed by atoms with Gasteiger partial charge in [-0.15, -0.1) is 0 Å². The number of carbonyl (C=O) groups is 2. The van der Waals surface area contributed by atoms with Gasteiger partial charge in [0, 0.05) is 12.0 Å². The summed E-state index contributed by atoms with van der Waals surface area (Å²) in [7, 11) is 1.58. The average Bonchev–Trinajstić information content (AvgIpc) is 3.35. The number of hydrogen-bond donors (Lipinski definition) is 2.